The van der Waals surface area contributed by atoms with E-state index in [0.29, 0.717) is 0 Å². The van der Waals surface area contributed by atoms with Gasteiger partial charge in [-0.05, 0) is 39.4 Å². The van der Waals surface area contributed by atoms with Gasteiger partial charge in [0.1, 0.15) is 0 Å². The number of rotatable bonds is 3. The number of aromatic nitrogens is 2. The molecule has 1 atom stereocenters. The molecule has 2 rings (SSSR count). The molecule has 0 saturated carbocycles. The van der Waals surface area contributed by atoms with Crippen molar-refractivity contribution >= 4 is 0 Å². The van der Waals surface area contributed by atoms with Crippen LogP contribution < -0.4 is 5.32 Å². The van der Waals surface area contributed by atoms with Gasteiger partial charge >= 0.3 is 0 Å². The fourth-order valence-electron chi connectivity index (χ4n) is 2.41. The first-order valence-electron chi connectivity index (χ1n) is 6.14. The third-order valence-electron chi connectivity index (χ3n) is 3.36. The molecule has 16 heavy (non-hydrogen) atoms. The van der Waals surface area contributed by atoms with Gasteiger partial charge < -0.3 is 5.32 Å². The second kappa shape index (κ2) is 5.46. The van der Waals surface area contributed by atoms with Crippen LogP contribution in [0.2, 0.25) is 0 Å². The number of nitrogens with one attached hydrogen (secondary N) is 1. The summed E-state index contributed by atoms with van der Waals surface area (Å²) in [7, 11) is 4.20. The quantitative estimate of drug-likeness (QED) is 0.828. The summed E-state index contributed by atoms with van der Waals surface area (Å²) in [5.41, 5.74) is 1.31. The molecular weight excluding hydrogens is 200 g/mol. The van der Waals surface area contributed by atoms with Crippen molar-refractivity contribution in [2.24, 2.45) is 7.05 Å². The first kappa shape index (κ1) is 11.6. The third kappa shape index (κ3) is 3.06. The summed E-state index contributed by atoms with van der Waals surface area (Å²) in [5, 5.41) is 7.67. The van der Waals surface area contributed by atoms with E-state index < -0.39 is 0 Å². The molecule has 0 radical (unpaired) electrons. The molecule has 4 heteroatoms. The summed E-state index contributed by atoms with van der Waals surface area (Å²) in [6, 6.07) is 0.718. The molecule has 1 aliphatic heterocycles. The van der Waals surface area contributed by atoms with Crippen LogP contribution in [0.5, 0.6) is 0 Å². The highest BCUT2D eigenvalue weighted by atomic mass is 15.2. The van der Waals surface area contributed by atoms with Crippen LogP contribution >= 0.6 is 0 Å². The van der Waals surface area contributed by atoms with Gasteiger partial charge in [-0.3, -0.25) is 9.58 Å². The first-order chi connectivity index (χ1) is 7.75. The van der Waals surface area contributed by atoms with Crippen LogP contribution in [-0.4, -0.2) is 40.9 Å². The summed E-state index contributed by atoms with van der Waals surface area (Å²) in [6.45, 7) is 3.35. The minimum absolute atomic E-state index is 0.718. The van der Waals surface area contributed by atoms with E-state index in [9.17, 15) is 0 Å². The Kier molecular flexibility index (Phi) is 3.96. The Morgan fingerprint density at radius 1 is 1.50 bits per heavy atom. The lowest BCUT2D eigenvalue weighted by Gasteiger charge is -2.26. The highest BCUT2D eigenvalue weighted by Crippen LogP contribution is 2.14. The van der Waals surface area contributed by atoms with Gasteiger partial charge in [0.25, 0.3) is 0 Å². The summed E-state index contributed by atoms with van der Waals surface area (Å²) >= 11 is 0. The number of aryl methyl sites for hydroxylation is 1. The Balaban J connectivity index is 1.88. The molecule has 1 saturated heterocycles. The number of nitrogens with zero attached hydrogens (tertiary/aromatic N) is 3. The van der Waals surface area contributed by atoms with Crippen molar-refractivity contribution in [3.05, 3.63) is 18.0 Å². The van der Waals surface area contributed by atoms with E-state index in [1.54, 1.807) is 0 Å². The SMILES string of the molecule is CN(Cc1cnn(C)c1)C1CCCNCC1. The van der Waals surface area contributed by atoms with E-state index in [-0.39, 0.29) is 0 Å². The minimum atomic E-state index is 0.718. The highest BCUT2D eigenvalue weighted by Gasteiger charge is 2.16. The lowest BCUT2D eigenvalue weighted by atomic mass is 10.1. The van der Waals surface area contributed by atoms with E-state index >= 15 is 0 Å². The Labute approximate surface area is 97.6 Å². The van der Waals surface area contributed by atoms with E-state index in [1.165, 1.54) is 31.4 Å². The lowest BCUT2D eigenvalue weighted by molar-refractivity contribution is 0.216. The second-order valence-electron chi connectivity index (χ2n) is 4.77. The van der Waals surface area contributed by atoms with Crippen molar-refractivity contribution in [3.63, 3.8) is 0 Å². The van der Waals surface area contributed by atoms with Crippen LogP contribution in [0.1, 0.15) is 24.8 Å². The molecule has 90 valence electrons. The van der Waals surface area contributed by atoms with Crippen LogP contribution in [0, 0.1) is 0 Å². The Morgan fingerprint density at radius 3 is 3.12 bits per heavy atom. The molecule has 1 aromatic heterocycles. The molecule has 0 bridgehead atoms. The van der Waals surface area contributed by atoms with E-state index in [1.807, 2.05) is 17.9 Å². The van der Waals surface area contributed by atoms with Crippen molar-refractivity contribution < 1.29 is 0 Å². The molecule has 0 amide bonds. The molecule has 4 nitrogen and oxygen atoms in total. The average molecular weight is 222 g/mol. The average Bonchev–Trinajstić information content (AvgIpc) is 2.56. The third-order valence-corrected chi connectivity index (χ3v) is 3.36. The molecule has 1 N–H and O–H groups in total. The van der Waals surface area contributed by atoms with Crippen molar-refractivity contribution in [1.82, 2.24) is 20.0 Å². The number of hydrogen-bond donors (Lipinski definition) is 1. The molecule has 1 aliphatic rings. The van der Waals surface area contributed by atoms with Gasteiger partial charge in [0.05, 0.1) is 6.20 Å². The van der Waals surface area contributed by atoms with Crippen molar-refractivity contribution in [2.45, 2.75) is 31.8 Å². The maximum atomic E-state index is 4.21. The zero-order valence-electron chi connectivity index (χ0n) is 10.3. The van der Waals surface area contributed by atoms with Crippen molar-refractivity contribution in [1.29, 1.82) is 0 Å². The smallest absolute Gasteiger partial charge is 0.0534 e. The van der Waals surface area contributed by atoms with Gasteiger partial charge in [0.15, 0.2) is 0 Å². The van der Waals surface area contributed by atoms with Gasteiger partial charge in [0, 0.05) is 31.4 Å². The fourth-order valence-corrected chi connectivity index (χ4v) is 2.41. The Hall–Kier alpha value is -0.870. The molecule has 1 unspecified atom stereocenters. The van der Waals surface area contributed by atoms with Crippen LogP contribution in [-0.2, 0) is 13.6 Å². The fraction of sp³-hybridized carbons (Fsp3) is 0.750. The van der Waals surface area contributed by atoms with Gasteiger partial charge in [-0.15, -0.1) is 0 Å². The number of hydrogen-bond acceptors (Lipinski definition) is 3. The van der Waals surface area contributed by atoms with Gasteiger partial charge in [-0.25, -0.2) is 0 Å². The summed E-state index contributed by atoms with van der Waals surface area (Å²) in [6.07, 6.45) is 7.93. The van der Waals surface area contributed by atoms with E-state index in [2.05, 4.69) is 28.6 Å². The van der Waals surface area contributed by atoms with Gasteiger partial charge in [-0.1, -0.05) is 0 Å². The Morgan fingerprint density at radius 2 is 2.38 bits per heavy atom. The molecule has 0 spiro atoms. The topological polar surface area (TPSA) is 33.1 Å². The zero-order chi connectivity index (χ0) is 11.4. The van der Waals surface area contributed by atoms with Gasteiger partial charge in [0.2, 0.25) is 0 Å². The first-order valence-corrected chi connectivity index (χ1v) is 6.14. The summed E-state index contributed by atoms with van der Waals surface area (Å²) in [4.78, 5) is 2.46. The maximum absolute atomic E-state index is 4.21. The molecule has 0 aromatic carbocycles. The standard InChI is InChI=1S/C12H22N4/c1-15(9-11-8-14-16(2)10-11)12-4-3-6-13-7-5-12/h8,10,12-13H,3-7,9H2,1-2H3. The van der Waals surface area contributed by atoms with Gasteiger partial charge in [-0.2, -0.15) is 5.10 Å². The van der Waals surface area contributed by atoms with Crippen LogP contribution in [0.25, 0.3) is 0 Å². The predicted octanol–water partition coefficient (Wildman–Crippen LogP) is 0.994. The van der Waals surface area contributed by atoms with E-state index in [4.69, 9.17) is 0 Å². The maximum Gasteiger partial charge on any atom is 0.0534 e. The largest absolute Gasteiger partial charge is 0.317 e. The second-order valence-corrected chi connectivity index (χ2v) is 4.77. The van der Waals surface area contributed by atoms with Crippen molar-refractivity contribution in [3.8, 4) is 0 Å². The predicted molar refractivity (Wildman–Crippen MR) is 65.2 cm³/mol. The van der Waals surface area contributed by atoms with E-state index in [0.717, 1.165) is 19.1 Å². The summed E-state index contributed by atoms with van der Waals surface area (Å²) < 4.78 is 1.87. The monoisotopic (exact) mass is 222 g/mol. The summed E-state index contributed by atoms with van der Waals surface area (Å²) in [5.74, 6) is 0. The molecule has 0 aliphatic carbocycles. The molecule has 1 fully saturated rings. The van der Waals surface area contributed by atoms with Crippen LogP contribution in [0.4, 0.5) is 0 Å². The normalized spacial score (nSPS) is 22.3. The zero-order valence-corrected chi connectivity index (χ0v) is 10.3. The molecule has 1 aromatic rings. The van der Waals surface area contributed by atoms with Crippen LogP contribution in [0.15, 0.2) is 12.4 Å². The Bertz CT molecular complexity index is 313. The van der Waals surface area contributed by atoms with Crippen LogP contribution in [0.3, 0.4) is 0 Å². The minimum Gasteiger partial charge on any atom is -0.317 e. The highest BCUT2D eigenvalue weighted by molar-refractivity contribution is 5.03. The van der Waals surface area contributed by atoms with Crippen molar-refractivity contribution in [2.75, 3.05) is 20.1 Å². The lowest BCUT2D eigenvalue weighted by Crippen LogP contribution is -2.31. The molecule has 2 heterocycles. The molecular formula is C12H22N4.